The Morgan fingerprint density at radius 1 is 0.700 bits per heavy atom. The maximum absolute atomic E-state index is 11.2. The van der Waals surface area contributed by atoms with Gasteiger partial charge >= 0.3 is 0 Å². The summed E-state index contributed by atoms with van der Waals surface area (Å²) < 4.78 is 12.6. The van der Waals surface area contributed by atoms with Crippen molar-refractivity contribution in [2.75, 3.05) is 0 Å². The Morgan fingerprint density at radius 2 is 1.00 bits per heavy atom. The fraction of sp³-hybridized carbons (Fsp3) is 1.00. The molecule has 2 heterocycles. The standard InChI is InChI=1S/C30H54Br2Cl2O6/c1-25(2,33)19(31)11-15-27(5,37)23-13-17-29(7,39-23)21(35)9-10-22(36)30(8)18-14-24(40-30)28(6,38)16-12-20(32)26(3,4)34/h19-24,35-38H,9-18H2,1-8H3/t19?,20?,21-,22-,23-,24-,27?,28?,29+,30+/m1/s1. The van der Waals surface area contributed by atoms with Crippen molar-refractivity contribution in [3.63, 3.8) is 0 Å². The molecule has 2 fully saturated rings. The van der Waals surface area contributed by atoms with Crippen LogP contribution in [0.5, 0.6) is 0 Å². The van der Waals surface area contributed by atoms with Gasteiger partial charge in [-0.3, -0.25) is 0 Å². The van der Waals surface area contributed by atoms with Crippen LogP contribution in [-0.2, 0) is 9.47 Å². The van der Waals surface area contributed by atoms with E-state index in [0.29, 0.717) is 64.2 Å². The third-order valence-electron chi connectivity index (χ3n) is 9.44. The van der Waals surface area contributed by atoms with E-state index < -0.39 is 56.6 Å². The molecule has 0 spiro atoms. The molecule has 6 nitrogen and oxygen atoms in total. The largest absolute Gasteiger partial charge is 0.390 e. The van der Waals surface area contributed by atoms with Crippen LogP contribution in [0.4, 0.5) is 0 Å². The summed E-state index contributed by atoms with van der Waals surface area (Å²) in [6, 6.07) is 0. The van der Waals surface area contributed by atoms with Crippen molar-refractivity contribution in [1.29, 1.82) is 0 Å². The van der Waals surface area contributed by atoms with E-state index in [0.717, 1.165) is 0 Å². The van der Waals surface area contributed by atoms with Gasteiger partial charge in [-0.25, -0.2) is 0 Å². The first-order valence-electron chi connectivity index (χ1n) is 14.8. The third-order valence-corrected chi connectivity index (χ3v) is 13.7. The zero-order chi connectivity index (χ0) is 30.9. The molecule has 2 saturated heterocycles. The van der Waals surface area contributed by atoms with Crippen molar-refractivity contribution in [3.8, 4) is 0 Å². The molecule has 2 aliphatic rings. The summed E-state index contributed by atoms with van der Waals surface area (Å²) in [4.78, 5) is -0.749. The SMILES string of the molecule is CC(C)(Cl)C(Br)CCC(C)(O)[C@H]1CC[C@@](C)([C@H](O)CC[C@@H](O)[C@]2(C)CC[C@H](C(C)(O)CCC(Br)C(C)(C)Cl)O2)O1. The Hall–Kier alpha value is 1.30. The zero-order valence-electron chi connectivity index (χ0n) is 25.7. The van der Waals surface area contributed by atoms with E-state index >= 15 is 0 Å². The Balaban J connectivity index is 1.89. The van der Waals surface area contributed by atoms with Gasteiger partial charge in [0.2, 0.25) is 0 Å². The second-order valence-corrected chi connectivity index (χ2v) is 18.5. The minimum Gasteiger partial charge on any atom is -0.390 e. The second kappa shape index (κ2) is 13.7. The monoisotopic (exact) mass is 738 g/mol. The molecule has 0 aromatic heterocycles. The Morgan fingerprint density at radius 3 is 1.27 bits per heavy atom. The van der Waals surface area contributed by atoms with Gasteiger partial charge in [0.15, 0.2) is 0 Å². The fourth-order valence-electron chi connectivity index (χ4n) is 5.86. The minimum atomic E-state index is -1.05. The number of hydrogen-bond donors (Lipinski definition) is 4. The van der Waals surface area contributed by atoms with Gasteiger partial charge in [0, 0.05) is 9.65 Å². The second-order valence-electron chi connectivity index (χ2n) is 14.4. The van der Waals surface area contributed by atoms with Crippen LogP contribution in [0.15, 0.2) is 0 Å². The van der Waals surface area contributed by atoms with E-state index in [2.05, 4.69) is 31.9 Å². The summed E-state index contributed by atoms with van der Waals surface area (Å²) in [6.07, 6.45) is 3.28. The molecule has 40 heavy (non-hydrogen) atoms. The lowest BCUT2D eigenvalue weighted by atomic mass is 9.85. The quantitative estimate of drug-likeness (QED) is 0.135. The van der Waals surface area contributed by atoms with Crippen LogP contribution in [0.2, 0.25) is 0 Å². The highest BCUT2D eigenvalue weighted by molar-refractivity contribution is 9.09. The van der Waals surface area contributed by atoms with E-state index in [1.54, 1.807) is 13.8 Å². The molecular weight excluding hydrogens is 687 g/mol. The Labute approximate surface area is 269 Å². The predicted molar refractivity (Wildman–Crippen MR) is 171 cm³/mol. The molecule has 10 atom stereocenters. The molecule has 2 rings (SSSR count). The van der Waals surface area contributed by atoms with Crippen LogP contribution in [0.1, 0.15) is 120 Å². The number of halogens is 4. The maximum atomic E-state index is 11.2. The van der Waals surface area contributed by atoms with E-state index in [1.165, 1.54) is 0 Å². The zero-order valence-corrected chi connectivity index (χ0v) is 30.3. The maximum Gasteiger partial charge on any atom is 0.0918 e. The van der Waals surface area contributed by atoms with Gasteiger partial charge in [0.05, 0.1) is 56.6 Å². The summed E-state index contributed by atoms with van der Waals surface area (Å²) >= 11 is 20.1. The topological polar surface area (TPSA) is 99.4 Å². The highest BCUT2D eigenvalue weighted by Crippen LogP contribution is 2.44. The van der Waals surface area contributed by atoms with Gasteiger partial charge in [-0.2, -0.15) is 0 Å². The number of alkyl halides is 4. The van der Waals surface area contributed by atoms with Crippen molar-refractivity contribution in [2.45, 2.75) is 186 Å². The minimum absolute atomic E-state index is 0.0505. The molecule has 10 heteroatoms. The number of aliphatic hydroxyl groups excluding tert-OH is 2. The number of aliphatic hydroxyl groups is 4. The predicted octanol–water partition coefficient (Wildman–Crippen LogP) is 6.99. The van der Waals surface area contributed by atoms with Gasteiger partial charge < -0.3 is 29.9 Å². The molecule has 4 unspecified atom stereocenters. The molecule has 0 amide bonds. The van der Waals surface area contributed by atoms with E-state index in [9.17, 15) is 20.4 Å². The first-order chi connectivity index (χ1) is 17.9. The molecule has 0 radical (unpaired) electrons. The van der Waals surface area contributed by atoms with E-state index in [1.807, 2.05) is 41.5 Å². The lowest BCUT2D eigenvalue weighted by Crippen LogP contribution is -2.47. The molecule has 0 aromatic rings. The van der Waals surface area contributed by atoms with Crippen LogP contribution in [0.3, 0.4) is 0 Å². The molecular formula is C30H54Br2Cl2O6. The normalized spacial score (nSPS) is 34.2. The van der Waals surface area contributed by atoms with Crippen LogP contribution >= 0.6 is 55.1 Å². The molecule has 238 valence electrons. The molecule has 0 saturated carbocycles. The molecule has 0 aromatic carbocycles. The van der Waals surface area contributed by atoms with Gasteiger partial charge in [-0.05, 0) is 120 Å². The van der Waals surface area contributed by atoms with Crippen LogP contribution in [-0.4, -0.2) is 86.6 Å². The Bertz CT molecular complexity index is 751. The summed E-state index contributed by atoms with van der Waals surface area (Å²) in [5.74, 6) is 0. The highest BCUT2D eigenvalue weighted by Gasteiger charge is 2.50. The highest BCUT2D eigenvalue weighted by atomic mass is 79.9. The summed E-state index contributed by atoms with van der Waals surface area (Å²) in [7, 11) is 0. The van der Waals surface area contributed by atoms with Gasteiger partial charge in [-0.1, -0.05) is 31.9 Å². The lowest BCUT2D eigenvalue weighted by Gasteiger charge is -2.38. The van der Waals surface area contributed by atoms with Crippen molar-refractivity contribution >= 4 is 55.1 Å². The first kappa shape index (κ1) is 37.5. The third kappa shape index (κ3) is 9.90. The number of ether oxygens (including phenoxy) is 2. The van der Waals surface area contributed by atoms with Crippen LogP contribution in [0.25, 0.3) is 0 Å². The van der Waals surface area contributed by atoms with Crippen molar-refractivity contribution in [1.82, 2.24) is 0 Å². The van der Waals surface area contributed by atoms with Crippen LogP contribution < -0.4 is 0 Å². The summed E-state index contributed by atoms with van der Waals surface area (Å²) in [6.45, 7) is 15.1. The van der Waals surface area contributed by atoms with E-state index in [-0.39, 0.29) is 9.65 Å². The lowest BCUT2D eigenvalue weighted by molar-refractivity contribution is -0.172. The fourth-order valence-corrected chi connectivity index (χ4v) is 6.54. The van der Waals surface area contributed by atoms with E-state index in [4.69, 9.17) is 32.7 Å². The van der Waals surface area contributed by atoms with Crippen LogP contribution in [0, 0.1) is 0 Å². The summed E-state index contributed by atoms with van der Waals surface area (Å²) in [5.41, 5.74) is -3.70. The smallest absolute Gasteiger partial charge is 0.0918 e. The van der Waals surface area contributed by atoms with Gasteiger partial charge in [-0.15, -0.1) is 23.2 Å². The number of rotatable bonds is 15. The average molecular weight is 741 g/mol. The number of hydrogen-bond acceptors (Lipinski definition) is 6. The van der Waals surface area contributed by atoms with Gasteiger partial charge in [0.1, 0.15) is 0 Å². The van der Waals surface area contributed by atoms with Crippen molar-refractivity contribution < 1.29 is 29.9 Å². The first-order valence-corrected chi connectivity index (χ1v) is 17.3. The molecule has 0 aliphatic carbocycles. The summed E-state index contributed by atoms with van der Waals surface area (Å²) in [5, 5.41) is 44.6. The molecule has 0 bridgehead atoms. The molecule has 2 aliphatic heterocycles. The molecule has 4 N–H and O–H groups in total. The Kier molecular flexibility index (Phi) is 12.9. The van der Waals surface area contributed by atoms with Gasteiger partial charge in [0.25, 0.3) is 0 Å². The van der Waals surface area contributed by atoms with Crippen molar-refractivity contribution in [2.24, 2.45) is 0 Å². The average Bonchev–Trinajstić information content (AvgIpc) is 3.44. The van der Waals surface area contributed by atoms with Crippen molar-refractivity contribution in [3.05, 3.63) is 0 Å².